The van der Waals surface area contributed by atoms with Crippen molar-refractivity contribution in [3.8, 4) is 17.4 Å². The van der Waals surface area contributed by atoms with Crippen LogP contribution in [0.4, 0.5) is 11.4 Å². The fourth-order valence-electron chi connectivity index (χ4n) is 3.01. The second-order valence-electron chi connectivity index (χ2n) is 6.35. The fourth-order valence-corrected chi connectivity index (χ4v) is 3.01. The molecule has 0 aliphatic rings. The molecular formula is C21H14N4O5. The van der Waals surface area contributed by atoms with Crippen LogP contribution in [0.5, 0.6) is 11.8 Å². The van der Waals surface area contributed by atoms with Crippen molar-refractivity contribution < 1.29 is 19.9 Å². The van der Waals surface area contributed by atoms with Gasteiger partial charge in [0.15, 0.2) is 0 Å². The molecule has 0 unspecified atom stereocenters. The number of nitro benzene ring substituents is 1. The number of hydrogen-bond acceptors (Lipinski definition) is 6. The number of rotatable bonds is 4. The van der Waals surface area contributed by atoms with Gasteiger partial charge in [0.1, 0.15) is 0 Å². The Labute approximate surface area is 169 Å². The molecule has 3 aromatic carbocycles. The average molecular weight is 402 g/mol. The Morgan fingerprint density at radius 3 is 1.97 bits per heavy atom. The second-order valence-corrected chi connectivity index (χ2v) is 6.35. The maximum atomic E-state index is 12.2. The first-order valence-corrected chi connectivity index (χ1v) is 8.78. The van der Waals surface area contributed by atoms with Crippen molar-refractivity contribution in [1.29, 1.82) is 0 Å². The molecule has 2 N–H and O–H groups in total. The molecule has 30 heavy (non-hydrogen) atoms. The Morgan fingerprint density at radius 2 is 1.43 bits per heavy atom. The van der Waals surface area contributed by atoms with E-state index in [0.29, 0.717) is 22.1 Å². The zero-order chi connectivity index (χ0) is 21.3. The van der Waals surface area contributed by atoms with Gasteiger partial charge in [0.2, 0.25) is 11.8 Å². The molecule has 1 amide bonds. The van der Waals surface area contributed by atoms with Crippen LogP contribution in [0, 0.1) is 10.1 Å². The number of carbonyl (C=O) groups excluding carboxylic acids is 1. The SMILES string of the molecule is O=C(N=Nc1ccc([N+](=O)[O-])cc1)c1ccc(-n2c(O)c3ccccc3c2O)cc1. The van der Waals surface area contributed by atoms with Crippen LogP contribution >= 0.6 is 0 Å². The molecule has 0 fully saturated rings. The second kappa shape index (κ2) is 7.47. The molecule has 9 nitrogen and oxygen atoms in total. The Balaban J connectivity index is 1.56. The standard InChI is InChI=1S/C21H14N4O5/c26-19(23-22-14-7-11-16(12-8-14)25(29)30)13-5-9-15(10-6-13)24-20(27)17-3-1-2-4-18(17)21(24)28/h1-12,27-28H. The number of hydrogen-bond donors (Lipinski definition) is 2. The van der Waals surface area contributed by atoms with E-state index in [0.717, 1.165) is 0 Å². The summed E-state index contributed by atoms with van der Waals surface area (Å²) in [7, 11) is 0. The lowest BCUT2D eigenvalue weighted by molar-refractivity contribution is -0.384. The first kappa shape index (κ1) is 18.8. The van der Waals surface area contributed by atoms with Crippen molar-refractivity contribution in [2.45, 2.75) is 0 Å². The quantitative estimate of drug-likeness (QED) is 0.285. The molecule has 0 aliphatic heterocycles. The van der Waals surface area contributed by atoms with Crippen LogP contribution in [0.1, 0.15) is 10.4 Å². The first-order chi connectivity index (χ1) is 14.5. The minimum absolute atomic E-state index is 0.0833. The number of nitro groups is 1. The topological polar surface area (TPSA) is 130 Å². The smallest absolute Gasteiger partial charge is 0.295 e. The van der Waals surface area contributed by atoms with Gasteiger partial charge in [-0.05, 0) is 48.5 Å². The summed E-state index contributed by atoms with van der Waals surface area (Å²) in [5, 5.41) is 39.9. The number of aromatic nitrogens is 1. The number of azo groups is 1. The molecule has 0 atom stereocenters. The van der Waals surface area contributed by atoms with Crippen LogP contribution in [-0.2, 0) is 0 Å². The summed E-state index contributed by atoms with van der Waals surface area (Å²) >= 11 is 0. The summed E-state index contributed by atoms with van der Waals surface area (Å²) < 4.78 is 1.28. The summed E-state index contributed by atoms with van der Waals surface area (Å²) in [5.74, 6) is -0.828. The number of aromatic hydroxyl groups is 2. The van der Waals surface area contributed by atoms with Gasteiger partial charge in [-0.1, -0.05) is 12.1 Å². The van der Waals surface area contributed by atoms with E-state index in [1.807, 2.05) is 0 Å². The van der Waals surface area contributed by atoms with E-state index in [9.17, 15) is 25.1 Å². The van der Waals surface area contributed by atoms with E-state index in [-0.39, 0.29) is 23.0 Å². The van der Waals surface area contributed by atoms with Crippen LogP contribution in [-0.4, -0.2) is 25.6 Å². The van der Waals surface area contributed by atoms with E-state index in [1.165, 1.54) is 41.0 Å². The maximum absolute atomic E-state index is 12.2. The number of amides is 1. The lowest BCUT2D eigenvalue weighted by atomic mass is 10.2. The average Bonchev–Trinajstić information content (AvgIpc) is 3.03. The Kier molecular flexibility index (Phi) is 4.69. The molecule has 9 heteroatoms. The summed E-state index contributed by atoms with van der Waals surface area (Å²) in [5.41, 5.74) is 0.935. The lowest BCUT2D eigenvalue weighted by Gasteiger charge is -2.07. The molecule has 1 heterocycles. The van der Waals surface area contributed by atoms with Crippen molar-refractivity contribution in [2.24, 2.45) is 10.2 Å². The van der Waals surface area contributed by atoms with Gasteiger partial charge in [-0.3, -0.25) is 19.5 Å². The normalized spacial score (nSPS) is 11.2. The fraction of sp³-hybridized carbons (Fsp3) is 0. The van der Waals surface area contributed by atoms with E-state index in [2.05, 4.69) is 10.2 Å². The van der Waals surface area contributed by atoms with Crippen LogP contribution in [0.15, 0.2) is 83.0 Å². The summed E-state index contributed by atoms with van der Waals surface area (Å²) in [6, 6.07) is 18.3. The number of non-ortho nitro benzene ring substituents is 1. The van der Waals surface area contributed by atoms with E-state index < -0.39 is 10.8 Å². The first-order valence-electron chi connectivity index (χ1n) is 8.78. The Hall–Kier alpha value is -4.53. The molecule has 0 saturated carbocycles. The number of nitrogens with zero attached hydrogens (tertiary/aromatic N) is 4. The highest BCUT2D eigenvalue weighted by Crippen LogP contribution is 2.38. The predicted octanol–water partition coefficient (Wildman–Crippen LogP) is 4.87. The van der Waals surface area contributed by atoms with E-state index >= 15 is 0 Å². The predicted molar refractivity (Wildman–Crippen MR) is 109 cm³/mol. The van der Waals surface area contributed by atoms with Gasteiger partial charge < -0.3 is 10.2 Å². The highest BCUT2D eigenvalue weighted by atomic mass is 16.6. The Morgan fingerprint density at radius 1 is 0.867 bits per heavy atom. The Bertz CT molecular complexity index is 1250. The number of carbonyl (C=O) groups is 1. The zero-order valence-corrected chi connectivity index (χ0v) is 15.3. The highest BCUT2D eigenvalue weighted by Gasteiger charge is 2.17. The zero-order valence-electron chi connectivity index (χ0n) is 15.3. The maximum Gasteiger partial charge on any atom is 0.295 e. The third kappa shape index (κ3) is 3.35. The summed E-state index contributed by atoms with van der Waals surface area (Å²) in [6.07, 6.45) is 0. The monoisotopic (exact) mass is 402 g/mol. The molecule has 1 aromatic heterocycles. The molecule has 148 valence electrons. The molecule has 0 aliphatic carbocycles. The van der Waals surface area contributed by atoms with Gasteiger partial charge >= 0.3 is 0 Å². The third-order valence-electron chi connectivity index (χ3n) is 4.52. The molecule has 4 rings (SSSR count). The van der Waals surface area contributed by atoms with Crippen LogP contribution < -0.4 is 0 Å². The largest absolute Gasteiger partial charge is 0.494 e. The van der Waals surface area contributed by atoms with Crippen molar-refractivity contribution in [1.82, 2.24) is 4.57 Å². The van der Waals surface area contributed by atoms with E-state index in [4.69, 9.17) is 0 Å². The van der Waals surface area contributed by atoms with Crippen LogP contribution in [0.25, 0.3) is 16.5 Å². The molecule has 0 bridgehead atoms. The van der Waals surface area contributed by atoms with Gasteiger partial charge in [-0.25, -0.2) is 0 Å². The summed E-state index contributed by atoms with van der Waals surface area (Å²) in [4.78, 5) is 22.4. The van der Waals surface area contributed by atoms with Gasteiger partial charge in [-0.15, -0.1) is 10.2 Å². The minimum Gasteiger partial charge on any atom is -0.494 e. The van der Waals surface area contributed by atoms with Crippen molar-refractivity contribution in [3.05, 3.63) is 88.5 Å². The molecular weight excluding hydrogens is 388 g/mol. The molecule has 0 spiro atoms. The number of fused-ring (bicyclic) bond motifs is 1. The van der Waals surface area contributed by atoms with Crippen LogP contribution in [0.3, 0.4) is 0 Å². The lowest BCUT2D eigenvalue weighted by Crippen LogP contribution is -1.97. The van der Waals surface area contributed by atoms with Gasteiger partial charge in [0, 0.05) is 28.5 Å². The van der Waals surface area contributed by atoms with Gasteiger partial charge in [-0.2, -0.15) is 0 Å². The minimum atomic E-state index is -0.606. The van der Waals surface area contributed by atoms with Gasteiger partial charge in [0.25, 0.3) is 11.6 Å². The highest BCUT2D eigenvalue weighted by molar-refractivity contribution is 5.96. The molecule has 0 radical (unpaired) electrons. The number of benzene rings is 3. The van der Waals surface area contributed by atoms with Crippen molar-refractivity contribution in [2.75, 3.05) is 0 Å². The molecule has 4 aromatic rings. The molecule has 0 saturated heterocycles. The van der Waals surface area contributed by atoms with Crippen molar-refractivity contribution >= 4 is 28.1 Å². The van der Waals surface area contributed by atoms with Crippen LogP contribution in [0.2, 0.25) is 0 Å². The van der Waals surface area contributed by atoms with Gasteiger partial charge in [0.05, 0.1) is 16.3 Å². The van der Waals surface area contributed by atoms with Crippen molar-refractivity contribution in [3.63, 3.8) is 0 Å². The summed E-state index contributed by atoms with van der Waals surface area (Å²) in [6.45, 7) is 0. The van der Waals surface area contributed by atoms with E-state index in [1.54, 1.807) is 36.4 Å². The third-order valence-corrected chi connectivity index (χ3v) is 4.52.